The Kier molecular flexibility index (Phi) is 6.33. The monoisotopic (exact) mass is 263 g/mol. The summed E-state index contributed by atoms with van der Waals surface area (Å²) in [5.41, 5.74) is 0.760. The molecule has 106 valence electrons. The van der Waals surface area contributed by atoms with Crippen LogP contribution in [-0.2, 0) is 4.79 Å². The summed E-state index contributed by atoms with van der Waals surface area (Å²) >= 11 is 0. The molecule has 0 aromatic carbocycles. The molecule has 1 aromatic rings. The van der Waals surface area contributed by atoms with Crippen molar-refractivity contribution in [2.45, 2.75) is 40.5 Å². The number of pyridine rings is 1. The topological polar surface area (TPSA) is 45.2 Å². The lowest BCUT2D eigenvalue weighted by Gasteiger charge is -2.22. The van der Waals surface area contributed by atoms with Gasteiger partial charge in [0.25, 0.3) is 0 Å². The van der Waals surface area contributed by atoms with Crippen molar-refractivity contribution < 1.29 is 4.79 Å². The minimum Gasteiger partial charge on any atom is -0.357 e. The van der Waals surface area contributed by atoms with Gasteiger partial charge in [-0.1, -0.05) is 27.7 Å². The molecule has 1 N–H and O–H groups in total. The lowest BCUT2D eigenvalue weighted by molar-refractivity contribution is -0.118. The maximum atomic E-state index is 11.6. The number of carbonyl (C=O) groups is 1. The predicted molar refractivity (Wildman–Crippen MR) is 80.5 cm³/mol. The second-order valence-electron chi connectivity index (χ2n) is 5.04. The van der Waals surface area contributed by atoms with Crippen molar-refractivity contribution in [2.24, 2.45) is 5.92 Å². The van der Waals surface area contributed by atoms with Gasteiger partial charge in [0.15, 0.2) is 0 Å². The standard InChI is InChI=1S/C15H25N3O/c1-5-9-18(10-6-2)14-8-7-13(11-16-14)17-15(19)12(3)4/h7-8,11-12H,5-6,9-10H2,1-4H3,(H,17,19). The Morgan fingerprint density at radius 2 is 1.89 bits per heavy atom. The van der Waals surface area contributed by atoms with Crippen LogP contribution in [0.5, 0.6) is 0 Å². The van der Waals surface area contributed by atoms with Crippen molar-refractivity contribution in [3.8, 4) is 0 Å². The molecule has 0 atom stereocenters. The molecule has 0 aliphatic carbocycles. The van der Waals surface area contributed by atoms with Gasteiger partial charge < -0.3 is 10.2 Å². The summed E-state index contributed by atoms with van der Waals surface area (Å²) in [5, 5.41) is 2.85. The van der Waals surface area contributed by atoms with Crippen LogP contribution in [0.15, 0.2) is 18.3 Å². The molecule has 4 nitrogen and oxygen atoms in total. The first-order valence-corrected chi connectivity index (χ1v) is 7.10. The third-order valence-corrected chi connectivity index (χ3v) is 2.85. The smallest absolute Gasteiger partial charge is 0.226 e. The lowest BCUT2D eigenvalue weighted by Crippen LogP contribution is -2.25. The molecule has 0 radical (unpaired) electrons. The molecule has 0 fully saturated rings. The Balaban J connectivity index is 2.71. The molecule has 0 bridgehead atoms. The highest BCUT2D eigenvalue weighted by molar-refractivity contribution is 5.91. The maximum Gasteiger partial charge on any atom is 0.226 e. The number of anilines is 2. The van der Waals surface area contributed by atoms with Crippen LogP contribution in [0, 0.1) is 5.92 Å². The van der Waals surface area contributed by atoms with Crippen LogP contribution in [-0.4, -0.2) is 24.0 Å². The van der Waals surface area contributed by atoms with Crippen LogP contribution < -0.4 is 10.2 Å². The minimum atomic E-state index is -0.0173. The van der Waals surface area contributed by atoms with E-state index in [-0.39, 0.29) is 11.8 Å². The summed E-state index contributed by atoms with van der Waals surface area (Å²) < 4.78 is 0. The van der Waals surface area contributed by atoms with Crippen LogP contribution in [0.25, 0.3) is 0 Å². The van der Waals surface area contributed by atoms with Gasteiger partial charge in [-0.05, 0) is 25.0 Å². The van der Waals surface area contributed by atoms with Gasteiger partial charge in [0, 0.05) is 19.0 Å². The summed E-state index contributed by atoms with van der Waals surface area (Å²) in [6.07, 6.45) is 3.94. The van der Waals surface area contributed by atoms with Gasteiger partial charge in [-0.3, -0.25) is 4.79 Å². The molecule has 1 amide bonds. The molecular formula is C15H25N3O. The Morgan fingerprint density at radius 1 is 1.26 bits per heavy atom. The van der Waals surface area contributed by atoms with Crippen LogP contribution in [0.3, 0.4) is 0 Å². The van der Waals surface area contributed by atoms with Gasteiger partial charge in [0.05, 0.1) is 11.9 Å². The number of rotatable bonds is 7. The predicted octanol–water partition coefficient (Wildman–Crippen LogP) is 3.30. The molecule has 0 aliphatic heterocycles. The average molecular weight is 263 g/mol. The van der Waals surface area contributed by atoms with E-state index in [9.17, 15) is 4.79 Å². The van der Waals surface area contributed by atoms with E-state index < -0.39 is 0 Å². The van der Waals surface area contributed by atoms with Gasteiger partial charge in [-0.25, -0.2) is 4.98 Å². The molecule has 0 aliphatic rings. The fraction of sp³-hybridized carbons (Fsp3) is 0.600. The molecule has 1 heterocycles. The number of nitrogens with one attached hydrogen (secondary N) is 1. The van der Waals surface area contributed by atoms with Crippen molar-refractivity contribution >= 4 is 17.4 Å². The highest BCUT2D eigenvalue weighted by Crippen LogP contribution is 2.15. The van der Waals surface area contributed by atoms with E-state index in [1.807, 2.05) is 26.0 Å². The number of hydrogen-bond donors (Lipinski definition) is 1. The summed E-state index contributed by atoms with van der Waals surface area (Å²) in [6, 6.07) is 3.89. The minimum absolute atomic E-state index is 0.0173. The van der Waals surface area contributed by atoms with E-state index in [1.54, 1.807) is 6.20 Å². The zero-order chi connectivity index (χ0) is 14.3. The van der Waals surface area contributed by atoms with E-state index in [0.29, 0.717) is 0 Å². The fourth-order valence-electron chi connectivity index (χ4n) is 1.81. The summed E-state index contributed by atoms with van der Waals surface area (Å²) in [6.45, 7) is 10.1. The molecule has 0 unspecified atom stereocenters. The lowest BCUT2D eigenvalue weighted by atomic mass is 10.2. The first-order chi connectivity index (χ1) is 9.08. The molecule has 0 saturated heterocycles. The second kappa shape index (κ2) is 7.77. The second-order valence-corrected chi connectivity index (χ2v) is 5.04. The zero-order valence-corrected chi connectivity index (χ0v) is 12.4. The van der Waals surface area contributed by atoms with Crippen LogP contribution in [0.2, 0.25) is 0 Å². The third-order valence-electron chi connectivity index (χ3n) is 2.85. The molecule has 19 heavy (non-hydrogen) atoms. The van der Waals surface area contributed by atoms with Crippen molar-refractivity contribution in [1.82, 2.24) is 4.98 Å². The van der Waals surface area contributed by atoms with Crippen molar-refractivity contribution in [3.05, 3.63) is 18.3 Å². The first kappa shape index (κ1) is 15.5. The van der Waals surface area contributed by atoms with E-state index in [0.717, 1.165) is 37.4 Å². The van der Waals surface area contributed by atoms with Crippen molar-refractivity contribution in [1.29, 1.82) is 0 Å². The number of amides is 1. The number of hydrogen-bond acceptors (Lipinski definition) is 3. The largest absolute Gasteiger partial charge is 0.357 e. The maximum absolute atomic E-state index is 11.6. The summed E-state index contributed by atoms with van der Waals surface area (Å²) in [4.78, 5) is 18.3. The Morgan fingerprint density at radius 3 is 2.32 bits per heavy atom. The Labute approximate surface area is 116 Å². The van der Waals surface area contributed by atoms with Crippen LogP contribution >= 0.6 is 0 Å². The highest BCUT2D eigenvalue weighted by Gasteiger charge is 2.09. The third kappa shape index (κ3) is 4.89. The highest BCUT2D eigenvalue weighted by atomic mass is 16.1. The van der Waals surface area contributed by atoms with E-state index in [4.69, 9.17) is 0 Å². The van der Waals surface area contributed by atoms with Gasteiger partial charge in [0.2, 0.25) is 5.91 Å². The van der Waals surface area contributed by atoms with Gasteiger partial charge in [-0.2, -0.15) is 0 Å². The number of carbonyl (C=O) groups excluding carboxylic acids is 1. The molecule has 0 spiro atoms. The molecule has 1 rings (SSSR count). The molecule has 4 heteroatoms. The van der Waals surface area contributed by atoms with Gasteiger partial charge in [-0.15, -0.1) is 0 Å². The Hall–Kier alpha value is -1.58. The number of aromatic nitrogens is 1. The van der Waals surface area contributed by atoms with Crippen LogP contribution in [0.1, 0.15) is 40.5 Å². The SMILES string of the molecule is CCCN(CCC)c1ccc(NC(=O)C(C)C)cn1. The van der Waals surface area contributed by atoms with Gasteiger partial charge in [0.1, 0.15) is 5.82 Å². The van der Waals surface area contributed by atoms with E-state index in [2.05, 4.69) is 29.0 Å². The van der Waals surface area contributed by atoms with Crippen molar-refractivity contribution in [3.63, 3.8) is 0 Å². The summed E-state index contributed by atoms with van der Waals surface area (Å²) in [7, 11) is 0. The van der Waals surface area contributed by atoms with Crippen molar-refractivity contribution in [2.75, 3.05) is 23.3 Å². The summed E-state index contributed by atoms with van der Waals surface area (Å²) in [5.74, 6) is 0.983. The normalized spacial score (nSPS) is 10.6. The Bertz CT molecular complexity index is 381. The quantitative estimate of drug-likeness (QED) is 0.821. The molecule has 0 saturated carbocycles. The van der Waals surface area contributed by atoms with E-state index >= 15 is 0 Å². The van der Waals surface area contributed by atoms with E-state index in [1.165, 1.54) is 0 Å². The first-order valence-electron chi connectivity index (χ1n) is 7.10. The zero-order valence-electron chi connectivity index (χ0n) is 12.4. The average Bonchev–Trinajstić information content (AvgIpc) is 2.39. The van der Waals surface area contributed by atoms with Crippen LogP contribution in [0.4, 0.5) is 11.5 Å². The fourth-order valence-corrected chi connectivity index (χ4v) is 1.81. The molecular weight excluding hydrogens is 238 g/mol. The van der Waals surface area contributed by atoms with Gasteiger partial charge >= 0.3 is 0 Å². The molecule has 1 aromatic heterocycles. The number of nitrogens with zero attached hydrogens (tertiary/aromatic N) is 2.